The maximum atomic E-state index is 11.8. The van der Waals surface area contributed by atoms with E-state index in [2.05, 4.69) is 12.2 Å². The fourth-order valence-corrected chi connectivity index (χ4v) is 2.13. The van der Waals surface area contributed by atoms with Gasteiger partial charge in [-0.3, -0.25) is 0 Å². The zero-order valence-corrected chi connectivity index (χ0v) is 10.4. The highest BCUT2D eigenvalue weighted by Gasteiger charge is 2.16. The van der Waals surface area contributed by atoms with Gasteiger partial charge in [-0.05, 0) is 38.1 Å². The molecule has 0 radical (unpaired) electrons. The van der Waals surface area contributed by atoms with E-state index in [9.17, 15) is 4.79 Å². The van der Waals surface area contributed by atoms with Gasteiger partial charge in [0.25, 0.3) is 0 Å². The molecule has 4 heteroatoms. The monoisotopic (exact) mass is 227 g/mol. The molecule has 0 aromatic heterocycles. The molecule has 1 fully saturated rings. The second kappa shape index (κ2) is 7.49. The molecule has 1 saturated heterocycles. The molecule has 4 nitrogen and oxygen atoms in total. The van der Waals surface area contributed by atoms with Crippen LogP contribution in [-0.4, -0.2) is 37.1 Å². The normalized spacial score (nSPS) is 18.2. The number of likely N-dealkylation sites (tertiary alicyclic amines) is 1. The molecule has 0 aromatic carbocycles. The summed E-state index contributed by atoms with van der Waals surface area (Å²) in [6.07, 6.45) is 5.63. The smallest absolute Gasteiger partial charge is 0.317 e. The van der Waals surface area contributed by atoms with E-state index >= 15 is 0 Å². The van der Waals surface area contributed by atoms with Crippen LogP contribution in [0.25, 0.3) is 0 Å². The van der Waals surface area contributed by atoms with Crippen LogP contribution >= 0.6 is 0 Å². The SMILES string of the molecule is CCC(CCN)CNC(=O)N1CCCCC1. The van der Waals surface area contributed by atoms with E-state index in [1.807, 2.05) is 4.90 Å². The molecular weight excluding hydrogens is 202 g/mol. The quantitative estimate of drug-likeness (QED) is 0.749. The van der Waals surface area contributed by atoms with Crippen molar-refractivity contribution in [2.24, 2.45) is 11.7 Å². The zero-order chi connectivity index (χ0) is 11.8. The number of carbonyl (C=O) groups is 1. The summed E-state index contributed by atoms with van der Waals surface area (Å²) in [6, 6.07) is 0.107. The standard InChI is InChI=1S/C12H25N3O/c1-2-11(6-7-13)10-14-12(16)15-8-4-3-5-9-15/h11H,2-10,13H2,1H3,(H,14,16). The number of nitrogens with one attached hydrogen (secondary N) is 1. The van der Waals surface area contributed by atoms with Crippen molar-refractivity contribution in [2.75, 3.05) is 26.2 Å². The molecule has 1 rings (SSSR count). The second-order valence-electron chi connectivity index (χ2n) is 4.59. The third kappa shape index (κ3) is 4.39. The van der Waals surface area contributed by atoms with Crippen molar-refractivity contribution in [3.63, 3.8) is 0 Å². The summed E-state index contributed by atoms with van der Waals surface area (Å²) in [4.78, 5) is 13.7. The van der Waals surface area contributed by atoms with Gasteiger partial charge in [0.15, 0.2) is 0 Å². The number of nitrogens with zero attached hydrogens (tertiary/aromatic N) is 1. The van der Waals surface area contributed by atoms with E-state index in [-0.39, 0.29) is 6.03 Å². The lowest BCUT2D eigenvalue weighted by atomic mass is 10.0. The van der Waals surface area contributed by atoms with Crippen molar-refractivity contribution in [3.05, 3.63) is 0 Å². The fourth-order valence-electron chi connectivity index (χ4n) is 2.13. The first-order valence-corrected chi connectivity index (χ1v) is 6.50. The average molecular weight is 227 g/mol. The van der Waals surface area contributed by atoms with Gasteiger partial charge >= 0.3 is 6.03 Å². The minimum atomic E-state index is 0.107. The summed E-state index contributed by atoms with van der Waals surface area (Å²) < 4.78 is 0. The number of amides is 2. The maximum absolute atomic E-state index is 11.8. The topological polar surface area (TPSA) is 58.4 Å². The molecule has 1 unspecified atom stereocenters. The first-order chi connectivity index (χ1) is 7.77. The Morgan fingerprint density at radius 1 is 1.38 bits per heavy atom. The van der Waals surface area contributed by atoms with Crippen molar-refractivity contribution in [2.45, 2.75) is 39.0 Å². The molecule has 2 amide bonds. The van der Waals surface area contributed by atoms with E-state index in [0.29, 0.717) is 12.5 Å². The second-order valence-corrected chi connectivity index (χ2v) is 4.59. The Labute approximate surface area is 98.6 Å². The molecule has 3 N–H and O–H groups in total. The number of hydrogen-bond donors (Lipinski definition) is 2. The van der Waals surface area contributed by atoms with Gasteiger partial charge < -0.3 is 16.0 Å². The van der Waals surface area contributed by atoms with Crippen molar-refractivity contribution in [1.29, 1.82) is 0 Å². The van der Waals surface area contributed by atoms with Crippen LogP contribution in [0.5, 0.6) is 0 Å². The summed E-state index contributed by atoms with van der Waals surface area (Å²) in [6.45, 7) is 5.45. The summed E-state index contributed by atoms with van der Waals surface area (Å²) in [7, 11) is 0. The molecule has 0 spiro atoms. The average Bonchev–Trinajstić information content (AvgIpc) is 2.35. The lowest BCUT2D eigenvalue weighted by Crippen LogP contribution is -2.44. The van der Waals surface area contributed by atoms with Crippen LogP contribution in [0.1, 0.15) is 39.0 Å². The van der Waals surface area contributed by atoms with Gasteiger partial charge in [0.05, 0.1) is 0 Å². The molecule has 1 atom stereocenters. The van der Waals surface area contributed by atoms with E-state index < -0.39 is 0 Å². The Balaban J connectivity index is 2.22. The maximum Gasteiger partial charge on any atom is 0.317 e. The Morgan fingerprint density at radius 3 is 2.62 bits per heavy atom. The fraction of sp³-hybridized carbons (Fsp3) is 0.917. The van der Waals surface area contributed by atoms with Crippen LogP contribution in [0, 0.1) is 5.92 Å². The minimum absolute atomic E-state index is 0.107. The lowest BCUT2D eigenvalue weighted by Gasteiger charge is -2.27. The predicted octanol–water partition coefficient (Wildman–Crippen LogP) is 1.56. The van der Waals surface area contributed by atoms with Gasteiger partial charge in [0.2, 0.25) is 0 Å². The van der Waals surface area contributed by atoms with Gasteiger partial charge in [-0.15, -0.1) is 0 Å². The van der Waals surface area contributed by atoms with Crippen LogP contribution in [0.15, 0.2) is 0 Å². The predicted molar refractivity (Wildman–Crippen MR) is 66.3 cm³/mol. The summed E-state index contributed by atoms with van der Waals surface area (Å²) >= 11 is 0. The highest BCUT2D eigenvalue weighted by Crippen LogP contribution is 2.09. The number of hydrogen-bond acceptors (Lipinski definition) is 2. The Hall–Kier alpha value is -0.770. The number of nitrogens with two attached hydrogens (primary N) is 1. The van der Waals surface area contributed by atoms with E-state index in [1.165, 1.54) is 6.42 Å². The Morgan fingerprint density at radius 2 is 2.06 bits per heavy atom. The molecule has 1 aliphatic heterocycles. The van der Waals surface area contributed by atoms with Crippen LogP contribution < -0.4 is 11.1 Å². The van der Waals surface area contributed by atoms with Crippen LogP contribution in [-0.2, 0) is 0 Å². The van der Waals surface area contributed by atoms with Gasteiger partial charge in [-0.1, -0.05) is 13.3 Å². The Bertz CT molecular complexity index is 202. The lowest BCUT2D eigenvalue weighted by molar-refractivity contribution is 0.184. The number of piperidine rings is 1. The summed E-state index contributed by atoms with van der Waals surface area (Å²) in [5, 5.41) is 3.02. The summed E-state index contributed by atoms with van der Waals surface area (Å²) in [5.41, 5.74) is 5.53. The van der Waals surface area contributed by atoms with Crippen molar-refractivity contribution < 1.29 is 4.79 Å². The van der Waals surface area contributed by atoms with Crippen molar-refractivity contribution in [1.82, 2.24) is 10.2 Å². The first kappa shape index (κ1) is 13.3. The van der Waals surface area contributed by atoms with Gasteiger partial charge in [-0.25, -0.2) is 4.79 Å². The molecule has 1 aliphatic rings. The van der Waals surface area contributed by atoms with Crippen LogP contribution in [0.3, 0.4) is 0 Å². The summed E-state index contributed by atoms with van der Waals surface area (Å²) in [5.74, 6) is 0.527. The van der Waals surface area contributed by atoms with Crippen molar-refractivity contribution in [3.8, 4) is 0 Å². The number of carbonyl (C=O) groups excluding carboxylic acids is 1. The highest BCUT2D eigenvalue weighted by atomic mass is 16.2. The minimum Gasteiger partial charge on any atom is -0.338 e. The molecule has 0 saturated carbocycles. The van der Waals surface area contributed by atoms with E-state index in [0.717, 1.165) is 45.3 Å². The molecule has 0 aromatic rings. The number of urea groups is 1. The van der Waals surface area contributed by atoms with E-state index in [4.69, 9.17) is 5.73 Å². The molecule has 16 heavy (non-hydrogen) atoms. The van der Waals surface area contributed by atoms with Crippen molar-refractivity contribution >= 4 is 6.03 Å². The third-order valence-electron chi connectivity index (χ3n) is 3.34. The largest absolute Gasteiger partial charge is 0.338 e. The molecular formula is C12H25N3O. The van der Waals surface area contributed by atoms with Gasteiger partial charge in [0, 0.05) is 19.6 Å². The van der Waals surface area contributed by atoms with Crippen LogP contribution in [0.2, 0.25) is 0 Å². The Kier molecular flexibility index (Phi) is 6.23. The van der Waals surface area contributed by atoms with Gasteiger partial charge in [0.1, 0.15) is 0 Å². The molecule has 0 bridgehead atoms. The zero-order valence-electron chi connectivity index (χ0n) is 10.4. The van der Waals surface area contributed by atoms with Crippen LogP contribution in [0.4, 0.5) is 4.79 Å². The molecule has 0 aliphatic carbocycles. The third-order valence-corrected chi connectivity index (χ3v) is 3.34. The molecule has 94 valence electrons. The van der Waals surface area contributed by atoms with Gasteiger partial charge in [-0.2, -0.15) is 0 Å². The first-order valence-electron chi connectivity index (χ1n) is 6.50. The molecule has 1 heterocycles. The highest BCUT2D eigenvalue weighted by molar-refractivity contribution is 5.74. The number of rotatable bonds is 5. The van der Waals surface area contributed by atoms with E-state index in [1.54, 1.807) is 0 Å².